The number of aliphatic hydroxyl groups excluding tert-OH is 1. The van der Waals surface area contributed by atoms with Crippen molar-refractivity contribution < 1.29 is 15.0 Å². The van der Waals surface area contributed by atoms with E-state index in [4.69, 9.17) is 0 Å². The fourth-order valence-corrected chi connectivity index (χ4v) is 2.37. The van der Waals surface area contributed by atoms with Crippen LogP contribution in [0.4, 0.5) is 0 Å². The van der Waals surface area contributed by atoms with Crippen LogP contribution in [0.15, 0.2) is 18.2 Å². The van der Waals surface area contributed by atoms with E-state index in [9.17, 15) is 15.0 Å². The van der Waals surface area contributed by atoms with Gasteiger partial charge in [-0.05, 0) is 31.9 Å². The summed E-state index contributed by atoms with van der Waals surface area (Å²) < 4.78 is 0. The van der Waals surface area contributed by atoms with Crippen molar-refractivity contribution in [1.82, 2.24) is 4.90 Å². The first-order valence-corrected chi connectivity index (χ1v) is 6.26. The molecule has 1 fully saturated rings. The average molecular weight is 249 g/mol. The van der Waals surface area contributed by atoms with Crippen molar-refractivity contribution in [3.63, 3.8) is 0 Å². The highest BCUT2D eigenvalue weighted by atomic mass is 16.3. The van der Waals surface area contributed by atoms with Crippen molar-refractivity contribution in [3.05, 3.63) is 29.3 Å². The number of aliphatic hydroxyl groups is 1. The summed E-state index contributed by atoms with van der Waals surface area (Å²) >= 11 is 0. The van der Waals surface area contributed by atoms with E-state index in [-0.39, 0.29) is 17.6 Å². The van der Waals surface area contributed by atoms with E-state index in [0.717, 1.165) is 6.42 Å². The normalized spacial score (nSPS) is 21.1. The summed E-state index contributed by atoms with van der Waals surface area (Å²) in [4.78, 5) is 14.0. The fraction of sp³-hybridized carbons (Fsp3) is 0.500. The molecule has 0 aliphatic carbocycles. The molecule has 0 aromatic heterocycles. The first-order valence-electron chi connectivity index (χ1n) is 6.26. The third-order valence-corrected chi connectivity index (χ3v) is 3.66. The molecule has 1 saturated heterocycles. The Morgan fingerprint density at radius 3 is 2.83 bits per heavy atom. The van der Waals surface area contributed by atoms with Gasteiger partial charge in [0.05, 0.1) is 11.7 Å². The number of likely N-dealkylation sites (tertiary alicyclic amines) is 1. The molecule has 98 valence electrons. The third-order valence-electron chi connectivity index (χ3n) is 3.66. The number of amides is 1. The number of rotatable bonds is 2. The minimum Gasteiger partial charge on any atom is -0.507 e. The maximum atomic E-state index is 12.3. The van der Waals surface area contributed by atoms with Crippen LogP contribution in [0.25, 0.3) is 0 Å². The molecule has 1 heterocycles. The third kappa shape index (κ3) is 2.34. The van der Waals surface area contributed by atoms with Gasteiger partial charge in [-0.3, -0.25) is 4.79 Å². The second kappa shape index (κ2) is 4.98. The predicted octanol–water partition coefficient (Wildman–Crippen LogP) is 1.54. The van der Waals surface area contributed by atoms with Gasteiger partial charge >= 0.3 is 0 Å². The zero-order valence-corrected chi connectivity index (χ0v) is 10.8. The molecule has 1 aliphatic heterocycles. The molecule has 2 N–H and O–H groups in total. The number of aromatic hydroxyl groups is 1. The molecule has 1 amide bonds. The Morgan fingerprint density at radius 1 is 1.50 bits per heavy atom. The lowest BCUT2D eigenvalue weighted by atomic mass is 10.0. The first kappa shape index (κ1) is 12.9. The van der Waals surface area contributed by atoms with Crippen LogP contribution in [0.5, 0.6) is 5.75 Å². The largest absolute Gasteiger partial charge is 0.507 e. The number of nitrogens with zero attached hydrogens (tertiary/aromatic N) is 1. The van der Waals surface area contributed by atoms with Crippen molar-refractivity contribution in [2.75, 3.05) is 13.1 Å². The summed E-state index contributed by atoms with van der Waals surface area (Å²) in [5.41, 5.74) is 1.05. The van der Waals surface area contributed by atoms with Gasteiger partial charge in [-0.15, -0.1) is 0 Å². The minimum atomic E-state index is -0.395. The van der Waals surface area contributed by atoms with E-state index >= 15 is 0 Å². The molecule has 2 rings (SSSR count). The Kier molecular flexibility index (Phi) is 3.57. The number of carbonyl (C=O) groups is 1. The predicted molar refractivity (Wildman–Crippen MR) is 68.5 cm³/mol. The van der Waals surface area contributed by atoms with E-state index in [1.54, 1.807) is 36.9 Å². The molecular weight excluding hydrogens is 230 g/mol. The van der Waals surface area contributed by atoms with Gasteiger partial charge in [0, 0.05) is 19.0 Å². The van der Waals surface area contributed by atoms with Crippen LogP contribution < -0.4 is 0 Å². The Morgan fingerprint density at radius 2 is 2.22 bits per heavy atom. The van der Waals surface area contributed by atoms with E-state index in [0.29, 0.717) is 24.2 Å². The molecule has 0 bridgehead atoms. The average Bonchev–Trinajstić information content (AvgIpc) is 2.81. The lowest BCUT2D eigenvalue weighted by molar-refractivity contribution is 0.0759. The van der Waals surface area contributed by atoms with E-state index in [2.05, 4.69) is 0 Å². The van der Waals surface area contributed by atoms with E-state index in [1.807, 2.05) is 0 Å². The SMILES string of the molecule is Cc1cccc(C(=O)N2CCC(C(C)O)C2)c1O. The van der Waals surface area contributed by atoms with Crippen molar-refractivity contribution in [1.29, 1.82) is 0 Å². The highest BCUT2D eigenvalue weighted by Gasteiger charge is 2.30. The van der Waals surface area contributed by atoms with Gasteiger partial charge in [-0.2, -0.15) is 0 Å². The number of phenols is 1. The molecular formula is C14H19NO3. The van der Waals surface area contributed by atoms with Crippen molar-refractivity contribution in [2.45, 2.75) is 26.4 Å². The zero-order chi connectivity index (χ0) is 13.3. The van der Waals surface area contributed by atoms with E-state index < -0.39 is 6.10 Å². The molecule has 18 heavy (non-hydrogen) atoms. The van der Waals surface area contributed by atoms with Crippen molar-refractivity contribution in [2.24, 2.45) is 5.92 Å². The van der Waals surface area contributed by atoms with Gasteiger partial charge in [0.1, 0.15) is 5.75 Å². The van der Waals surface area contributed by atoms with Gasteiger partial charge in [-0.1, -0.05) is 12.1 Å². The molecule has 4 heteroatoms. The summed E-state index contributed by atoms with van der Waals surface area (Å²) in [6.07, 6.45) is 0.421. The number of phenolic OH excluding ortho intramolecular Hbond substituents is 1. The molecule has 0 saturated carbocycles. The number of hydrogen-bond acceptors (Lipinski definition) is 3. The smallest absolute Gasteiger partial charge is 0.257 e. The van der Waals surface area contributed by atoms with Gasteiger partial charge in [0.15, 0.2) is 0 Å². The minimum absolute atomic E-state index is 0.0583. The second-order valence-electron chi connectivity index (χ2n) is 5.01. The number of carbonyl (C=O) groups excluding carboxylic acids is 1. The molecule has 1 aromatic carbocycles. The second-order valence-corrected chi connectivity index (χ2v) is 5.01. The molecule has 1 aliphatic rings. The van der Waals surface area contributed by atoms with Gasteiger partial charge in [-0.25, -0.2) is 0 Å². The summed E-state index contributed by atoms with van der Waals surface area (Å²) in [5.74, 6) is 0.0447. The van der Waals surface area contributed by atoms with Crippen LogP contribution in [0.2, 0.25) is 0 Å². The van der Waals surface area contributed by atoms with Crippen LogP contribution in [0.1, 0.15) is 29.3 Å². The fourth-order valence-electron chi connectivity index (χ4n) is 2.37. The maximum Gasteiger partial charge on any atom is 0.257 e. The number of hydrogen-bond donors (Lipinski definition) is 2. The summed E-state index contributed by atoms with van der Waals surface area (Å²) in [6, 6.07) is 5.18. The summed E-state index contributed by atoms with van der Waals surface area (Å²) in [5, 5.41) is 19.4. The van der Waals surface area contributed by atoms with Crippen LogP contribution >= 0.6 is 0 Å². The van der Waals surface area contributed by atoms with Gasteiger partial charge in [0.25, 0.3) is 5.91 Å². The summed E-state index contributed by atoms with van der Waals surface area (Å²) in [7, 11) is 0. The van der Waals surface area contributed by atoms with Crippen molar-refractivity contribution in [3.8, 4) is 5.75 Å². The quantitative estimate of drug-likeness (QED) is 0.836. The van der Waals surface area contributed by atoms with Crippen molar-refractivity contribution >= 4 is 5.91 Å². The van der Waals surface area contributed by atoms with Crippen LogP contribution in [-0.4, -0.2) is 40.2 Å². The standard InChI is InChI=1S/C14H19NO3/c1-9-4-3-5-12(13(9)17)14(18)15-7-6-11(8-15)10(2)16/h3-5,10-11,16-17H,6-8H2,1-2H3. The molecule has 4 nitrogen and oxygen atoms in total. The maximum absolute atomic E-state index is 12.3. The molecule has 1 aromatic rings. The monoisotopic (exact) mass is 249 g/mol. The lowest BCUT2D eigenvalue weighted by Gasteiger charge is -2.18. The summed E-state index contributed by atoms with van der Waals surface area (Å²) in [6.45, 7) is 4.73. The molecule has 0 spiro atoms. The zero-order valence-electron chi connectivity index (χ0n) is 10.8. The lowest BCUT2D eigenvalue weighted by Crippen LogP contribution is -2.30. The number of aryl methyl sites for hydroxylation is 1. The highest BCUT2D eigenvalue weighted by Crippen LogP contribution is 2.26. The molecule has 0 radical (unpaired) electrons. The Labute approximate surface area is 107 Å². The Balaban J connectivity index is 2.16. The topological polar surface area (TPSA) is 60.8 Å². The Bertz CT molecular complexity index is 456. The van der Waals surface area contributed by atoms with Crippen LogP contribution in [-0.2, 0) is 0 Å². The Hall–Kier alpha value is -1.55. The van der Waals surface area contributed by atoms with Gasteiger partial charge < -0.3 is 15.1 Å². The van der Waals surface area contributed by atoms with Crippen LogP contribution in [0, 0.1) is 12.8 Å². The first-order chi connectivity index (χ1) is 8.50. The molecule has 2 atom stereocenters. The van der Waals surface area contributed by atoms with Gasteiger partial charge in [0.2, 0.25) is 0 Å². The molecule has 2 unspecified atom stereocenters. The van der Waals surface area contributed by atoms with E-state index in [1.165, 1.54) is 0 Å². The number of para-hydroxylation sites is 1. The van der Waals surface area contributed by atoms with Crippen LogP contribution in [0.3, 0.4) is 0 Å². The highest BCUT2D eigenvalue weighted by molar-refractivity contribution is 5.97. The number of benzene rings is 1.